The van der Waals surface area contributed by atoms with Crippen LogP contribution in [0, 0.1) is 0 Å². The summed E-state index contributed by atoms with van der Waals surface area (Å²) in [4.78, 5) is 10.2. The summed E-state index contributed by atoms with van der Waals surface area (Å²) in [5.74, 6) is -0.375. The molecular formula is C4H9I2NO2. The molecule has 0 radical (unpaired) electrons. The fourth-order valence-electron chi connectivity index (χ4n) is 0.186. The highest BCUT2D eigenvalue weighted by Gasteiger charge is 2.03. The van der Waals surface area contributed by atoms with Crippen molar-refractivity contribution < 1.29 is 9.53 Å². The summed E-state index contributed by atoms with van der Waals surface area (Å²) in [6.07, 6.45) is 0. The van der Waals surface area contributed by atoms with Gasteiger partial charge in [0.15, 0.2) is 0 Å². The van der Waals surface area contributed by atoms with Crippen molar-refractivity contribution in [3.8, 4) is 0 Å². The van der Waals surface area contributed by atoms with Crippen LogP contribution >= 0.6 is 37.2 Å². The largest absolute Gasteiger partial charge is 0.468 e. The van der Waals surface area contributed by atoms with Gasteiger partial charge in [-0.05, 0) is 6.92 Å². The van der Waals surface area contributed by atoms with Crippen LogP contribution in [-0.2, 0) is 9.53 Å². The number of hydrogen-bond acceptors (Lipinski definition) is 3. The van der Waals surface area contributed by atoms with E-state index in [0.717, 1.165) is 0 Å². The van der Waals surface area contributed by atoms with Gasteiger partial charge in [-0.25, -0.2) is 0 Å². The molecule has 0 aromatic rings. The minimum atomic E-state index is -0.495. The molecule has 5 heteroatoms. The molecule has 0 amide bonds. The van der Waals surface area contributed by atoms with E-state index >= 15 is 0 Å². The topological polar surface area (TPSA) is 52.3 Å². The first kappa shape index (κ1) is 12.6. The second kappa shape index (κ2) is 8.89. The summed E-state index contributed by atoms with van der Waals surface area (Å²) in [6.45, 7) is 1.58. The number of ether oxygens (including phenoxy) is 1. The molecule has 0 spiro atoms. The van der Waals surface area contributed by atoms with E-state index in [1.807, 2.05) is 0 Å². The van der Waals surface area contributed by atoms with E-state index in [1.165, 1.54) is 7.11 Å². The normalized spacial score (nSPS) is 10.8. The maximum atomic E-state index is 10.2. The zero-order valence-electron chi connectivity index (χ0n) is 5.23. The van der Waals surface area contributed by atoms with E-state index in [-0.39, 0.29) is 5.97 Å². The Balaban J connectivity index is 0. The van der Waals surface area contributed by atoms with E-state index in [2.05, 4.69) is 42.0 Å². The summed E-state index contributed by atoms with van der Waals surface area (Å²) in [5.41, 5.74) is 5.07. The van der Waals surface area contributed by atoms with Gasteiger partial charge in [0, 0.05) is 37.2 Å². The predicted molar refractivity (Wildman–Crippen MR) is 53.7 cm³/mol. The Labute approximate surface area is 78.0 Å². The van der Waals surface area contributed by atoms with Crippen LogP contribution in [0.15, 0.2) is 0 Å². The van der Waals surface area contributed by atoms with Crippen LogP contribution in [0.3, 0.4) is 0 Å². The van der Waals surface area contributed by atoms with Crippen molar-refractivity contribution >= 4 is 43.2 Å². The number of hydrogen-bond donors (Lipinski definition) is 1. The molecule has 0 fully saturated rings. The monoisotopic (exact) mass is 357 g/mol. The zero-order valence-corrected chi connectivity index (χ0v) is 9.54. The zero-order chi connectivity index (χ0) is 7.86. The van der Waals surface area contributed by atoms with Crippen LogP contribution in [0.4, 0.5) is 0 Å². The third kappa shape index (κ3) is 8.89. The molecule has 1 atom stereocenters. The molecule has 1 unspecified atom stereocenters. The number of methoxy groups -OCH3 is 1. The summed E-state index contributed by atoms with van der Waals surface area (Å²) in [6, 6.07) is -0.495. The molecular weight excluding hydrogens is 348 g/mol. The van der Waals surface area contributed by atoms with E-state index in [1.54, 1.807) is 6.92 Å². The van der Waals surface area contributed by atoms with Crippen molar-refractivity contribution in [2.45, 2.75) is 13.0 Å². The third-order valence-electron chi connectivity index (χ3n) is 0.573. The molecule has 0 aliphatic rings. The molecule has 0 saturated heterocycles. The first-order chi connectivity index (χ1) is 4.18. The lowest BCUT2D eigenvalue weighted by atomic mass is 10.4. The predicted octanol–water partition coefficient (Wildman–Crippen LogP) is 1.28. The Hall–Kier alpha value is 0.890. The van der Waals surface area contributed by atoms with Gasteiger partial charge in [-0.2, -0.15) is 0 Å². The van der Waals surface area contributed by atoms with E-state index in [0.29, 0.717) is 0 Å². The number of carbonyl (C=O) groups excluding carboxylic acids is 1. The first-order valence-corrected chi connectivity index (χ1v) is 8.44. The molecule has 3 nitrogen and oxygen atoms in total. The number of rotatable bonds is 1. The maximum Gasteiger partial charge on any atom is 0.322 e. The van der Waals surface area contributed by atoms with Crippen LogP contribution in [0.1, 0.15) is 6.92 Å². The Morgan fingerprint density at radius 1 is 1.67 bits per heavy atom. The quantitative estimate of drug-likeness (QED) is 0.568. The summed E-state index contributed by atoms with van der Waals surface area (Å²) in [5, 5.41) is 0. The van der Waals surface area contributed by atoms with Crippen LogP contribution in [-0.4, -0.2) is 19.1 Å². The van der Waals surface area contributed by atoms with Gasteiger partial charge in [0.05, 0.1) is 7.11 Å². The van der Waals surface area contributed by atoms with Gasteiger partial charge in [0.1, 0.15) is 6.04 Å². The molecule has 0 bridgehead atoms. The number of esters is 1. The standard InChI is InChI=1S/C4H9NO2.I2/c1-3(5)4(6)7-2;1-2/h3H,5H2,1-2H3;. The van der Waals surface area contributed by atoms with Gasteiger partial charge < -0.3 is 10.5 Å². The maximum absolute atomic E-state index is 10.2. The van der Waals surface area contributed by atoms with Gasteiger partial charge in [-0.3, -0.25) is 4.79 Å². The first-order valence-electron chi connectivity index (χ1n) is 2.16. The Bertz CT molecular complexity index is 77.0. The minimum absolute atomic E-state index is 0.375. The van der Waals surface area contributed by atoms with Gasteiger partial charge in [0.2, 0.25) is 0 Å². The van der Waals surface area contributed by atoms with Crippen molar-refractivity contribution in [2.24, 2.45) is 5.73 Å². The third-order valence-corrected chi connectivity index (χ3v) is 0.573. The average molecular weight is 357 g/mol. The molecule has 0 rings (SSSR count). The Morgan fingerprint density at radius 2 is 2.00 bits per heavy atom. The fraction of sp³-hybridized carbons (Fsp3) is 0.750. The Kier molecular flexibility index (Phi) is 12.4. The lowest BCUT2D eigenvalue weighted by Crippen LogP contribution is -2.27. The van der Waals surface area contributed by atoms with Gasteiger partial charge in [-0.1, -0.05) is 0 Å². The second-order valence-corrected chi connectivity index (χ2v) is 1.31. The molecule has 0 heterocycles. The average Bonchev–Trinajstić information content (AvgIpc) is 1.91. The van der Waals surface area contributed by atoms with Gasteiger partial charge in [-0.15, -0.1) is 0 Å². The van der Waals surface area contributed by atoms with Crippen LogP contribution < -0.4 is 5.73 Å². The highest BCUT2D eigenvalue weighted by atomic mass is 128. The summed E-state index contributed by atoms with van der Waals surface area (Å²) in [7, 11) is 1.31. The van der Waals surface area contributed by atoms with Crippen LogP contribution in [0.2, 0.25) is 0 Å². The van der Waals surface area contributed by atoms with Crippen molar-refractivity contribution in [1.82, 2.24) is 0 Å². The molecule has 0 aliphatic carbocycles. The number of halogens is 2. The minimum Gasteiger partial charge on any atom is -0.468 e. The molecule has 0 aromatic heterocycles. The van der Waals surface area contributed by atoms with Gasteiger partial charge in [0.25, 0.3) is 0 Å². The second-order valence-electron chi connectivity index (χ2n) is 1.31. The molecule has 2 N–H and O–H groups in total. The smallest absolute Gasteiger partial charge is 0.322 e. The molecule has 9 heavy (non-hydrogen) atoms. The Morgan fingerprint density at radius 3 is 2.00 bits per heavy atom. The van der Waals surface area contributed by atoms with E-state index < -0.39 is 6.04 Å². The van der Waals surface area contributed by atoms with Crippen LogP contribution in [0.25, 0.3) is 0 Å². The lowest BCUT2D eigenvalue weighted by Gasteiger charge is -1.98. The fourth-order valence-corrected chi connectivity index (χ4v) is 0.186. The molecule has 0 saturated carbocycles. The molecule has 0 aromatic carbocycles. The lowest BCUT2D eigenvalue weighted by molar-refractivity contribution is -0.141. The van der Waals surface area contributed by atoms with E-state index in [4.69, 9.17) is 5.73 Å². The van der Waals surface area contributed by atoms with Crippen molar-refractivity contribution in [2.75, 3.05) is 7.11 Å². The van der Waals surface area contributed by atoms with Crippen molar-refractivity contribution in [3.05, 3.63) is 0 Å². The molecule has 56 valence electrons. The van der Waals surface area contributed by atoms with Crippen LogP contribution in [0.5, 0.6) is 0 Å². The van der Waals surface area contributed by atoms with Gasteiger partial charge >= 0.3 is 5.97 Å². The van der Waals surface area contributed by atoms with Crippen molar-refractivity contribution in [3.63, 3.8) is 0 Å². The number of nitrogens with two attached hydrogens (primary N) is 1. The highest BCUT2D eigenvalue weighted by Crippen LogP contribution is 1.89. The number of carbonyl (C=O) groups is 1. The highest BCUT2D eigenvalue weighted by molar-refractivity contribution is 15.0. The van der Waals surface area contributed by atoms with Crippen molar-refractivity contribution in [1.29, 1.82) is 0 Å². The summed E-state index contributed by atoms with van der Waals surface area (Å²) >= 11 is 4.24. The van der Waals surface area contributed by atoms with E-state index in [9.17, 15) is 4.79 Å². The SMILES string of the molecule is COC(=O)C(C)N.II. The molecule has 0 aliphatic heterocycles. The summed E-state index contributed by atoms with van der Waals surface area (Å²) < 4.78 is 4.25.